The number of alkyl halides is 1. The summed E-state index contributed by atoms with van der Waals surface area (Å²) in [5.41, 5.74) is 0.726. The Labute approximate surface area is 111 Å². The molecule has 0 aliphatic heterocycles. The first kappa shape index (κ1) is 13.7. The van der Waals surface area contributed by atoms with Crippen LogP contribution in [0.25, 0.3) is 0 Å². The van der Waals surface area contributed by atoms with E-state index in [0.29, 0.717) is 6.42 Å². The van der Waals surface area contributed by atoms with Crippen LogP contribution in [0.2, 0.25) is 0 Å². The molecule has 88 valence electrons. The van der Waals surface area contributed by atoms with Gasteiger partial charge in [0.25, 0.3) is 0 Å². The molecule has 0 atom stereocenters. The third-order valence-electron chi connectivity index (χ3n) is 1.62. The number of carbonyl (C=O) groups is 1. The molecule has 0 unspecified atom stereocenters. The molecule has 0 spiro atoms. The molecule has 0 fully saturated rings. The number of rotatable bonds is 6. The average Bonchev–Trinajstić information content (AvgIpc) is 2.28. The average molecular weight is 355 g/mol. The Balaban J connectivity index is 2.47. The molecule has 0 saturated heterocycles. The molecule has 0 heterocycles. The zero-order valence-electron chi connectivity index (χ0n) is 8.18. The quantitative estimate of drug-likeness (QED) is 0.270. The second-order valence-electron chi connectivity index (χ2n) is 2.74. The molecule has 0 radical (unpaired) electrons. The van der Waals surface area contributed by atoms with Crippen LogP contribution in [0.3, 0.4) is 0 Å². The van der Waals surface area contributed by atoms with Crippen LogP contribution in [-0.2, 0) is 14.2 Å². The third-order valence-corrected chi connectivity index (χ3v) is 2.75. The Morgan fingerprint density at radius 2 is 2.12 bits per heavy atom. The standard InChI is InChI=1S/C9H10INO4S/c10-6-5-9(12)11-7-1-3-8(4-2-7)16-15-14-13/h1-4,13H,5-6H2,(H,11,12). The molecule has 0 aromatic heterocycles. The molecule has 1 rings (SSSR count). The van der Waals surface area contributed by atoms with Crippen LogP contribution in [-0.4, -0.2) is 15.6 Å². The van der Waals surface area contributed by atoms with E-state index < -0.39 is 0 Å². The number of benzene rings is 1. The fourth-order valence-electron chi connectivity index (χ4n) is 0.958. The van der Waals surface area contributed by atoms with Gasteiger partial charge in [-0.25, -0.2) is 5.26 Å². The molecule has 1 aromatic rings. The fraction of sp³-hybridized carbons (Fsp3) is 0.222. The summed E-state index contributed by atoms with van der Waals surface area (Å²) in [6.45, 7) is 0. The van der Waals surface area contributed by atoms with Gasteiger partial charge in [0, 0.05) is 21.4 Å². The summed E-state index contributed by atoms with van der Waals surface area (Å²) in [4.78, 5) is 12.0. The van der Waals surface area contributed by atoms with E-state index in [2.05, 4.69) is 37.3 Å². The van der Waals surface area contributed by atoms with Gasteiger partial charge in [-0.05, 0) is 24.3 Å². The maximum atomic E-state index is 11.3. The van der Waals surface area contributed by atoms with Gasteiger partial charge in [-0.1, -0.05) is 27.6 Å². The normalized spacial score (nSPS) is 10.1. The van der Waals surface area contributed by atoms with E-state index in [9.17, 15) is 4.79 Å². The highest BCUT2D eigenvalue weighted by atomic mass is 127. The molecular weight excluding hydrogens is 345 g/mol. The van der Waals surface area contributed by atoms with Crippen LogP contribution in [0.15, 0.2) is 29.2 Å². The number of hydrogen-bond acceptors (Lipinski definition) is 5. The number of anilines is 1. The SMILES string of the molecule is O=C(CCI)Nc1ccc(SOOO)cc1. The summed E-state index contributed by atoms with van der Waals surface area (Å²) in [6, 6.07) is 6.97. The van der Waals surface area contributed by atoms with Gasteiger partial charge in [-0.2, -0.15) is 0 Å². The summed E-state index contributed by atoms with van der Waals surface area (Å²) < 4.78 is 5.05. The lowest BCUT2D eigenvalue weighted by molar-refractivity contribution is -0.432. The zero-order valence-corrected chi connectivity index (χ0v) is 11.2. The molecule has 0 aliphatic carbocycles. The van der Waals surface area contributed by atoms with E-state index >= 15 is 0 Å². The molecule has 7 heteroatoms. The van der Waals surface area contributed by atoms with Crippen molar-refractivity contribution in [3.63, 3.8) is 0 Å². The summed E-state index contributed by atoms with van der Waals surface area (Å²) in [7, 11) is 0. The van der Waals surface area contributed by atoms with Crippen molar-refractivity contribution < 1.29 is 19.4 Å². The maximum absolute atomic E-state index is 11.3. The summed E-state index contributed by atoms with van der Waals surface area (Å²) >= 11 is 3.02. The monoisotopic (exact) mass is 355 g/mol. The summed E-state index contributed by atoms with van der Waals surface area (Å²) in [6.07, 6.45) is 0.499. The van der Waals surface area contributed by atoms with Crippen molar-refractivity contribution in [2.45, 2.75) is 11.3 Å². The predicted molar refractivity (Wildman–Crippen MR) is 69.2 cm³/mol. The number of carbonyl (C=O) groups excluding carboxylic acids is 1. The van der Waals surface area contributed by atoms with Crippen molar-refractivity contribution in [3.05, 3.63) is 24.3 Å². The summed E-state index contributed by atoms with van der Waals surface area (Å²) in [5.74, 6) is -0.00950. The number of amides is 1. The van der Waals surface area contributed by atoms with E-state index in [1.54, 1.807) is 24.3 Å². The van der Waals surface area contributed by atoms with Crippen LogP contribution >= 0.6 is 34.6 Å². The van der Waals surface area contributed by atoms with Gasteiger partial charge >= 0.3 is 0 Å². The Hall–Kier alpha value is -0.350. The minimum Gasteiger partial charge on any atom is -0.326 e. The van der Waals surface area contributed by atoms with Gasteiger partial charge in [0.1, 0.15) is 0 Å². The van der Waals surface area contributed by atoms with Gasteiger partial charge in [-0.15, -0.1) is 4.33 Å². The number of hydrogen-bond donors (Lipinski definition) is 2. The van der Waals surface area contributed by atoms with Crippen molar-refractivity contribution in [2.75, 3.05) is 9.74 Å². The Bertz CT molecular complexity index is 333. The molecule has 0 saturated carbocycles. The van der Waals surface area contributed by atoms with E-state index in [0.717, 1.165) is 27.1 Å². The van der Waals surface area contributed by atoms with E-state index in [4.69, 9.17) is 5.26 Å². The first-order valence-electron chi connectivity index (χ1n) is 4.37. The highest BCUT2D eigenvalue weighted by Crippen LogP contribution is 2.21. The lowest BCUT2D eigenvalue weighted by atomic mass is 10.3. The second-order valence-corrected chi connectivity index (χ2v) is 4.59. The van der Waals surface area contributed by atoms with Crippen LogP contribution in [0, 0.1) is 0 Å². The largest absolute Gasteiger partial charge is 0.326 e. The molecular formula is C9H10INO4S. The van der Waals surface area contributed by atoms with Gasteiger partial charge in [-0.3, -0.25) is 4.79 Å². The van der Waals surface area contributed by atoms with Crippen LogP contribution in [0.5, 0.6) is 0 Å². The highest BCUT2D eigenvalue weighted by Gasteiger charge is 2.01. The molecule has 2 N–H and O–H groups in total. The summed E-state index contributed by atoms with van der Waals surface area (Å²) in [5, 5.41) is 14.2. The van der Waals surface area contributed by atoms with Crippen molar-refractivity contribution in [3.8, 4) is 0 Å². The predicted octanol–water partition coefficient (Wildman–Crippen LogP) is 2.88. The van der Waals surface area contributed by atoms with Crippen LogP contribution < -0.4 is 5.32 Å². The molecule has 5 nitrogen and oxygen atoms in total. The number of halogens is 1. The van der Waals surface area contributed by atoms with Crippen LogP contribution in [0.1, 0.15) is 6.42 Å². The first-order valence-corrected chi connectivity index (χ1v) is 6.63. The van der Waals surface area contributed by atoms with Gasteiger partial charge in [0.15, 0.2) is 0 Å². The Morgan fingerprint density at radius 1 is 1.44 bits per heavy atom. The van der Waals surface area contributed by atoms with Crippen molar-refractivity contribution in [1.29, 1.82) is 0 Å². The second kappa shape index (κ2) is 7.85. The third kappa shape index (κ3) is 5.12. The smallest absolute Gasteiger partial charge is 0.225 e. The van der Waals surface area contributed by atoms with E-state index in [1.165, 1.54) is 0 Å². The minimum absolute atomic E-state index is 0.00950. The van der Waals surface area contributed by atoms with Gasteiger partial charge in [0.2, 0.25) is 5.91 Å². The topological polar surface area (TPSA) is 67.8 Å². The zero-order chi connectivity index (χ0) is 11.8. The lowest BCUT2D eigenvalue weighted by Crippen LogP contribution is -2.11. The van der Waals surface area contributed by atoms with Crippen molar-refractivity contribution in [1.82, 2.24) is 0 Å². The highest BCUT2D eigenvalue weighted by molar-refractivity contribution is 14.1. The van der Waals surface area contributed by atoms with Gasteiger partial charge < -0.3 is 5.32 Å². The molecule has 0 bridgehead atoms. The minimum atomic E-state index is -0.00950. The number of nitrogens with one attached hydrogen (secondary N) is 1. The van der Waals surface area contributed by atoms with Gasteiger partial charge in [0.05, 0.1) is 12.0 Å². The van der Waals surface area contributed by atoms with Crippen LogP contribution in [0.4, 0.5) is 5.69 Å². The molecule has 1 aromatic carbocycles. The lowest BCUT2D eigenvalue weighted by Gasteiger charge is -2.04. The molecule has 0 aliphatic rings. The van der Waals surface area contributed by atoms with E-state index in [-0.39, 0.29) is 5.91 Å². The van der Waals surface area contributed by atoms with Crippen molar-refractivity contribution in [2.24, 2.45) is 0 Å². The maximum Gasteiger partial charge on any atom is 0.225 e. The molecule has 1 amide bonds. The Morgan fingerprint density at radius 3 is 2.69 bits per heavy atom. The van der Waals surface area contributed by atoms with E-state index in [1.807, 2.05) is 0 Å². The first-order chi connectivity index (χ1) is 7.76. The Kier molecular flexibility index (Phi) is 6.73. The van der Waals surface area contributed by atoms with Crippen molar-refractivity contribution >= 4 is 46.2 Å². The molecule has 16 heavy (non-hydrogen) atoms. The fourth-order valence-corrected chi connectivity index (χ4v) is 1.80.